The molecule has 3 N–H and O–H groups in total. The minimum absolute atomic E-state index is 0.177. The van der Waals surface area contributed by atoms with Gasteiger partial charge in [0, 0.05) is 11.3 Å². The van der Waals surface area contributed by atoms with Gasteiger partial charge in [-0.25, -0.2) is 4.79 Å². The molecule has 6 heteroatoms. The summed E-state index contributed by atoms with van der Waals surface area (Å²) in [5.41, 5.74) is 0. The third-order valence-corrected chi connectivity index (χ3v) is 4.56. The van der Waals surface area contributed by atoms with Crippen LogP contribution < -0.4 is 10.6 Å². The highest BCUT2D eigenvalue weighted by Crippen LogP contribution is 2.21. The maximum atomic E-state index is 11.9. The monoisotopic (exact) mass is 296 g/mol. The van der Waals surface area contributed by atoms with E-state index in [-0.39, 0.29) is 5.91 Å². The Morgan fingerprint density at radius 1 is 1.45 bits per heavy atom. The fraction of sp³-hybridized carbons (Fsp3) is 0.571. The van der Waals surface area contributed by atoms with E-state index >= 15 is 0 Å². The van der Waals surface area contributed by atoms with Crippen molar-refractivity contribution in [2.75, 3.05) is 13.1 Å². The van der Waals surface area contributed by atoms with Gasteiger partial charge in [0.05, 0.1) is 0 Å². The molecule has 0 spiro atoms. The molecular weight excluding hydrogens is 276 g/mol. The molecule has 0 aromatic carbocycles. The third-order valence-electron chi connectivity index (χ3n) is 3.62. The van der Waals surface area contributed by atoms with Crippen molar-refractivity contribution in [2.24, 2.45) is 5.92 Å². The third kappa shape index (κ3) is 4.31. The number of hydrogen-bond donors (Lipinski definition) is 3. The van der Waals surface area contributed by atoms with Gasteiger partial charge in [-0.1, -0.05) is 6.07 Å². The van der Waals surface area contributed by atoms with Crippen molar-refractivity contribution in [3.63, 3.8) is 0 Å². The summed E-state index contributed by atoms with van der Waals surface area (Å²) in [5.74, 6) is -0.612. The first kappa shape index (κ1) is 15.0. The van der Waals surface area contributed by atoms with Gasteiger partial charge in [0.1, 0.15) is 0 Å². The zero-order valence-corrected chi connectivity index (χ0v) is 12.1. The number of hydrogen-bond acceptors (Lipinski definition) is 4. The molecule has 2 heterocycles. The van der Waals surface area contributed by atoms with Crippen LogP contribution in [0.2, 0.25) is 0 Å². The molecule has 1 aliphatic heterocycles. The highest BCUT2D eigenvalue weighted by Gasteiger charge is 2.23. The summed E-state index contributed by atoms with van der Waals surface area (Å²) in [6.45, 7) is 2.03. The van der Waals surface area contributed by atoms with Crippen molar-refractivity contribution in [3.05, 3.63) is 22.4 Å². The molecule has 110 valence electrons. The Bertz CT molecular complexity index is 441. The van der Waals surface area contributed by atoms with Gasteiger partial charge >= 0.3 is 5.97 Å². The number of carbonyl (C=O) groups is 2. The van der Waals surface area contributed by atoms with Crippen molar-refractivity contribution < 1.29 is 14.7 Å². The molecule has 1 saturated heterocycles. The number of nitrogens with one attached hydrogen (secondary N) is 2. The Hall–Kier alpha value is -1.40. The van der Waals surface area contributed by atoms with E-state index in [1.807, 2.05) is 5.38 Å². The van der Waals surface area contributed by atoms with Gasteiger partial charge in [0.2, 0.25) is 5.91 Å². The van der Waals surface area contributed by atoms with Crippen LogP contribution in [-0.4, -0.2) is 30.1 Å². The first-order valence-corrected chi connectivity index (χ1v) is 7.81. The number of carboxylic acid groups (broad SMARTS) is 1. The Labute approximate surface area is 122 Å². The van der Waals surface area contributed by atoms with Crippen molar-refractivity contribution in [2.45, 2.75) is 31.7 Å². The van der Waals surface area contributed by atoms with E-state index in [9.17, 15) is 14.7 Å². The van der Waals surface area contributed by atoms with Crippen LogP contribution in [-0.2, 0) is 9.59 Å². The number of amides is 1. The van der Waals surface area contributed by atoms with E-state index in [4.69, 9.17) is 0 Å². The number of rotatable bonds is 6. The quantitative estimate of drug-likeness (QED) is 0.747. The fourth-order valence-corrected chi connectivity index (χ4v) is 3.22. The van der Waals surface area contributed by atoms with Crippen LogP contribution in [0.15, 0.2) is 17.5 Å². The van der Waals surface area contributed by atoms with E-state index < -0.39 is 12.0 Å². The minimum Gasteiger partial charge on any atom is -0.479 e. The Morgan fingerprint density at radius 3 is 2.80 bits per heavy atom. The molecular formula is C14H20N2O3S. The molecule has 1 aliphatic rings. The van der Waals surface area contributed by atoms with Crippen LogP contribution in [0, 0.1) is 5.92 Å². The average Bonchev–Trinajstić information content (AvgIpc) is 2.97. The molecule has 1 aromatic heterocycles. The summed E-state index contributed by atoms with van der Waals surface area (Å²) in [6, 6.07) is 2.60. The van der Waals surface area contributed by atoms with Gasteiger partial charge < -0.3 is 15.7 Å². The second-order valence-corrected chi connectivity index (χ2v) is 6.07. The van der Waals surface area contributed by atoms with E-state index in [1.54, 1.807) is 12.1 Å². The standard InChI is InChI=1S/C14H20N2O3S/c17-12(4-3-10-5-7-15-8-6-10)16-13(14(18)19)11-2-1-9-20-11/h1-2,9-10,13,15H,3-8H2,(H,16,17)(H,18,19). The van der Waals surface area contributed by atoms with Crippen molar-refractivity contribution in [3.8, 4) is 0 Å². The van der Waals surface area contributed by atoms with E-state index in [0.29, 0.717) is 17.2 Å². The van der Waals surface area contributed by atoms with Gasteiger partial charge in [-0.2, -0.15) is 0 Å². The van der Waals surface area contributed by atoms with Crippen LogP contribution in [0.1, 0.15) is 36.6 Å². The summed E-state index contributed by atoms with van der Waals surface area (Å²) < 4.78 is 0. The molecule has 1 amide bonds. The highest BCUT2D eigenvalue weighted by molar-refractivity contribution is 7.10. The van der Waals surface area contributed by atoms with Gasteiger partial charge in [-0.15, -0.1) is 11.3 Å². The molecule has 0 bridgehead atoms. The van der Waals surface area contributed by atoms with Crippen LogP contribution in [0.3, 0.4) is 0 Å². The lowest BCUT2D eigenvalue weighted by Crippen LogP contribution is -2.34. The number of carboxylic acids is 1. The van der Waals surface area contributed by atoms with Gasteiger partial charge in [-0.05, 0) is 49.7 Å². The zero-order chi connectivity index (χ0) is 14.4. The fourth-order valence-electron chi connectivity index (χ4n) is 2.45. The SMILES string of the molecule is O=C(CCC1CCNCC1)NC(C(=O)O)c1cccs1. The maximum Gasteiger partial charge on any atom is 0.331 e. The molecule has 2 rings (SSSR count). The maximum absolute atomic E-state index is 11.9. The van der Waals surface area contributed by atoms with Crippen molar-refractivity contribution >= 4 is 23.2 Å². The Balaban J connectivity index is 1.81. The smallest absolute Gasteiger partial charge is 0.331 e. The molecule has 0 aliphatic carbocycles. The summed E-state index contributed by atoms with van der Waals surface area (Å²) in [7, 11) is 0. The van der Waals surface area contributed by atoms with E-state index in [1.165, 1.54) is 11.3 Å². The second kappa shape index (κ2) is 7.40. The average molecular weight is 296 g/mol. The molecule has 0 saturated carbocycles. The van der Waals surface area contributed by atoms with Gasteiger partial charge in [0.25, 0.3) is 0 Å². The summed E-state index contributed by atoms with van der Waals surface area (Å²) >= 11 is 1.34. The van der Waals surface area contributed by atoms with E-state index in [0.717, 1.165) is 32.4 Å². The zero-order valence-electron chi connectivity index (χ0n) is 11.3. The number of piperidine rings is 1. The number of carbonyl (C=O) groups excluding carboxylic acids is 1. The lowest BCUT2D eigenvalue weighted by atomic mass is 9.93. The lowest BCUT2D eigenvalue weighted by Gasteiger charge is -2.22. The summed E-state index contributed by atoms with van der Waals surface area (Å²) in [4.78, 5) is 23.8. The van der Waals surface area contributed by atoms with Crippen molar-refractivity contribution in [1.82, 2.24) is 10.6 Å². The van der Waals surface area contributed by atoms with Crippen LogP contribution in [0.4, 0.5) is 0 Å². The largest absolute Gasteiger partial charge is 0.479 e. The van der Waals surface area contributed by atoms with Crippen LogP contribution in [0.5, 0.6) is 0 Å². The normalized spacial score (nSPS) is 17.6. The molecule has 0 radical (unpaired) electrons. The molecule has 1 unspecified atom stereocenters. The molecule has 1 fully saturated rings. The summed E-state index contributed by atoms with van der Waals surface area (Å²) in [5, 5.41) is 16.9. The number of aliphatic carboxylic acids is 1. The lowest BCUT2D eigenvalue weighted by molar-refractivity contribution is -0.142. The minimum atomic E-state index is -1.01. The van der Waals surface area contributed by atoms with Crippen LogP contribution >= 0.6 is 11.3 Å². The molecule has 1 aromatic rings. The first-order chi connectivity index (χ1) is 9.66. The predicted molar refractivity (Wildman–Crippen MR) is 77.7 cm³/mol. The van der Waals surface area contributed by atoms with Gasteiger partial charge in [-0.3, -0.25) is 4.79 Å². The van der Waals surface area contributed by atoms with Crippen molar-refractivity contribution in [1.29, 1.82) is 0 Å². The second-order valence-electron chi connectivity index (χ2n) is 5.09. The van der Waals surface area contributed by atoms with Gasteiger partial charge in [0.15, 0.2) is 6.04 Å². The summed E-state index contributed by atoms with van der Waals surface area (Å²) in [6.07, 6.45) is 3.44. The van der Waals surface area contributed by atoms with E-state index in [2.05, 4.69) is 10.6 Å². The molecule has 20 heavy (non-hydrogen) atoms. The van der Waals surface area contributed by atoms with Crippen LogP contribution in [0.25, 0.3) is 0 Å². The topological polar surface area (TPSA) is 78.4 Å². The predicted octanol–water partition coefficient (Wildman–Crippen LogP) is 1.77. The first-order valence-electron chi connectivity index (χ1n) is 6.93. The Kier molecular flexibility index (Phi) is 5.55. The molecule has 1 atom stereocenters. The Morgan fingerprint density at radius 2 is 2.20 bits per heavy atom. The highest BCUT2D eigenvalue weighted by atomic mass is 32.1. The molecule has 5 nitrogen and oxygen atoms in total. The number of thiophene rings is 1.